The van der Waals surface area contributed by atoms with Gasteiger partial charge in [0.15, 0.2) is 6.29 Å². The number of carbonyl (C=O) groups is 1. The predicted molar refractivity (Wildman–Crippen MR) is 84.5 cm³/mol. The molecule has 3 aromatic rings. The molecule has 0 saturated heterocycles. The minimum absolute atomic E-state index is 0.491. The molecule has 0 unspecified atom stereocenters. The maximum Gasteiger partial charge on any atom is 0.151 e. The van der Waals surface area contributed by atoms with Gasteiger partial charge in [-0.1, -0.05) is 54.1 Å². The highest BCUT2D eigenvalue weighted by atomic mass is 35.5. The number of hydrogen-bond acceptors (Lipinski definition) is 1. The molecule has 1 nitrogen and oxygen atoms in total. The van der Waals surface area contributed by atoms with Gasteiger partial charge in [-0.05, 0) is 46.5 Å². The first-order valence-electron chi connectivity index (χ1n) is 6.44. The lowest BCUT2D eigenvalue weighted by Gasteiger charge is -2.11. The first-order valence-corrected chi connectivity index (χ1v) is 6.82. The second-order valence-electron chi connectivity index (χ2n) is 4.83. The number of aryl methyl sites for hydroxylation is 1. The molecule has 0 heterocycles. The van der Waals surface area contributed by atoms with Crippen LogP contribution in [0, 0.1) is 6.92 Å². The largest absolute Gasteiger partial charge is 0.298 e. The maximum atomic E-state index is 10.9. The molecular weight excluding hydrogens is 268 g/mol. The lowest BCUT2D eigenvalue weighted by Crippen LogP contribution is -1.88. The molecule has 0 fully saturated rings. The molecule has 0 aliphatic heterocycles. The highest BCUT2D eigenvalue weighted by Crippen LogP contribution is 2.33. The molecule has 98 valence electrons. The molecule has 20 heavy (non-hydrogen) atoms. The van der Waals surface area contributed by atoms with Crippen molar-refractivity contribution in [2.75, 3.05) is 0 Å². The Bertz CT molecular complexity index is 806. The van der Waals surface area contributed by atoms with Crippen molar-refractivity contribution in [3.8, 4) is 11.1 Å². The van der Waals surface area contributed by atoms with Gasteiger partial charge in [-0.15, -0.1) is 0 Å². The topological polar surface area (TPSA) is 17.1 Å². The van der Waals surface area contributed by atoms with E-state index in [1.54, 1.807) is 6.07 Å². The van der Waals surface area contributed by atoms with Gasteiger partial charge < -0.3 is 0 Å². The van der Waals surface area contributed by atoms with Crippen LogP contribution in [0.2, 0.25) is 5.02 Å². The van der Waals surface area contributed by atoms with Gasteiger partial charge in [0.25, 0.3) is 0 Å². The molecule has 0 saturated carbocycles. The Hall–Kier alpha value is -2.12. The van der Waals surface area contributed by atoms with Crippen LogP contribution in [0.5, 0.6) is 0 Å². The number of fused-ring (bicyclic) bond motifs is 1. The molecule has 0 aliphatic rings. The van der Waals surface area contributed by atoms with Crippen molar-refractivity contribution in [1.29, 1.82) is 0 Å². The zero-order chi connectivity index (χ0) is 14.1. The molecule has 0 aliphatic carbocycles. The van der Waals surface area contributed by atoms with Crippen LogP contribution in [0.3, 0.4) is 0 Å². The average molecular weight is 281 g/mol. The highest BCUT2D eigenvalue weighted by molar-refractivity contribution is 6.33. The van der Waals surface area contributed by atoms with E-state index in [1.807, 2.05) is 24.3 Å². The van der Waals surface area contributed by atoms with Gasteiger partial charge in [0.05, 0.1) is 5.02 Å². The summed E-state index contributed by atoms with van der Waals surface area (Å²) >= 11 is 6.15. The predicted octanol–water partition coefficient (Wildman–Crippen LogP) is 5.28. The third kappa shape index (κ3) is 2.10. The van der Waals surface area contributed by atoms with E-state index in [2.05, 4.69) is 31.2 Å². The van der Waals surface area contributed by atoms with E-state index < -0.39 is 0 Å². The molecule has 3 aromatic carbocycles. The lowest BCUT2D eigenvalue weighted by atomic mass is 9.93. The average Bonchev–Trinajstić information content (AvgIpc) is 2.47. The summed E-state index contributed by atoms with van der Waals surface area (Å²) in [4.78, 5) is 10.9. The molecule has 0 atom stereocenters. The van der Waals surface area contributed by atoms with Gasteiger partial charge in [-0.25, -0.2) is 0 Å². The van der Waals surface area contributed by atoms with Gasteiger partial charge in [-0.3, -0.25) is 4.79 Å². The van der Waals surface area contributed by atoms with Gasteiger partial charge in [0.1, 0.15) is 0 Å². The Labute approximate surface area is 122 Å². The third-order valence-electron chi connectivity index (χ3n) is 3.55. The monoisotopic (exact) mass is 280 g/mol. The van der Waals surface area contributed by atoms with E-state index >= 15 is 0 Å². The lowest BCUT2D eigenvalue weighted by molar-refractivity contribution is 0.112. The van der Waals surface area contributed by atoms with Crippen molar-refractivity contribution in [3.05, 3.63) is 70.7 Å². The molecule has 0 aromatic heterocycles. The SMILES string of the molecule is Cc1ccc2ccccc2c1-c1ccc(C=O)c(Cl)c1. The number of rotatable bonds is 2. The van der Waals surface area contributed by atoms with E-state index in [-0.39, 0.29) is 0 Å². The van der Waals surface area contributed by atoms with Crippen molar-refractivity contribution in [1.82, 2.24) is 0 Å². The number of carbonyl (C=O) groups excluding carboxylic acids is 1. The Morgan fingerprint density at radius 3 is 2.55 bits per heavy atom. The van der Waals surface area contributed by atoms with E-state index in [0.717, 1.165) is 11.8 Å². The van der Waals surface area contributed by atoms with Gasteiger partial charge in [-0.2, -0.15) is 0 Å². The zero-order valence-corrected chi connectivity index (χ0v) is 11.8. The smallest absolute Gasteiger partial charge is 0.151 e. The number of benzene rings is 3. The van der Waals surface area contributed by atoms with Crippen molar-refractivity contribution < 1.29 is 4.79 Å². The summed E-state index contributed by atoms with van der Waals surface area (Å²) in [5, 5.41) is 2.89. The Kier molecular flexibility index (Phi) is 3.29. The molecule has 2 heteroatoms. The van der Waals surface area contributed by atoms with Crippen molar-refractivity contribution in [2.24, 2.45) is 0 Å². The fourth-order valence-electron chi connectivity index (χ4n) is 2.54. The zero-order valence-electron chi connectivity index (χ0n) is 11.1. The normalized spacial score (nSPS) is 10.7. The highest BCUT2D eigenvalue weighted by Gasteiger charge is 2.09. The quantitative estimate of drug-likeness (QED) is 0.584. The van der Waals surface area contributed by atoms with Gasteiger partial charge in [0, 0.05) is 5.56 Å². The van der Waals surface area contributed by atoms with Crippen LogP contribution in [0.1, 0.15) is 15.9 Å². The minimum Gasteiger partial charge on any atom is -0.298 e. The summed E-state index contributed by atoms with van der Waals surface area (Å²) < 4.78 is 0. The standard InChI is InChI=1S/C18H13ClO/c1-12-6-7-13-4-2-3-5-16(13)18(12)14-8-9-15(11-20)17(19)10-14/h2-11H,1H3. The fourth-order valence-corrected chi connectivity index (χ4v) is 2.77. The van der Waals surface area contributed by atoms with Crippen molar-refractivity contribution >= 4 is 28.7 Å². The van der Waals surface area contributed by atoms with Crippen LogP contribution in [0.15, 0.2) is 54.6 Å². The molecule has 0 N–H and O–H groups in total. The van der Waals surface area contributed by atoms with Gasteiger partial charge in [0.2, 0.25) is 0 Å². The molecule has 0 spiro atoms. The number of halogens is 1. The van der Waals surface area contributed by atoms with Crippen LogP contribution in [0.4, 0.5) is 0 Å². The Balaban J connectivity index is 2.31. The first-order chi connectivity index (χ1) is 9.70. The summed E-state index contributed by atoms with van der Waals surface area (Å²) in [6, 6.07) is 18.1. The fraction of sp³-hybridized carbons (Fsp3) is 0.0556. The van der Waals surface area contributed by atoms with Crippen LogP contribution >= 0.6 is 11.6 Å². The van der Waals surface area contributed by atoms with Crippen molar-refractivity contribution in [2.45, 2.75) is 6.92 Å². The summed E-state index contributed by atoms with van der Waals surface area (Å²) in [5.74, 6) is 0. The first kappa shape index (κ1) is 12.9. The molecule has 0 amide bonds. The van der Waals surface area contributed by atoms with Crippen molar-refractivity contribution in [3.63, 3.8) is 0 Å². The molecular formula is C18H13ClO. The van der Waals surface area contributed by atoms with E-state index in [0.29, 0.717) is 10.6 Å². The summed E-state index contributed by atoms with van der Waals surface area (Å²) in [6.45, 7) is 2.09. The van der Waals surface area contributed by atoms with Gasteiger partial charge >= 0.3 is 0 Å². The second-order valence-corrected chi connectivity index (χ2v) is 5.24. The number of hydrogen-bond donors (Lipinski definition) is 0. The minimum atomic E-state index is 0.491. The summed E-state index contributed by atoms with van der Waals surface area (Å²) in [7, 11) is 0. The molecule has 3 rings (SSSR count). The third-order valence-corrected chi connectivity index (χ3v) is 3.88. The second kappa shape index (κ2) is 5.10. The Morgan fingerprint density at radius 2 is 1.80 bits per heavy atom. The van der Waals surface area contributed by atoms with Crippen LogP contribution in [0.25, 0.3) is 21.9 Å². The maximum absolute atomic E-state index is 10.9. The van der Waals surface area contributed by atoms with E-state index in [9.17, 15) is 4.79 Å². The van der Waals surface area contributed by atoms with Crippen LogP contribution < -0.4 is 0 Å². The molecule has 0 bridgehead atoms. The number of aldehydes is 1. The van der Waals surface area contributed by atoms with E-state index in [1.165, 1.54) is 21.9 Å². The van der Waals surface area contributed by atoms with Crippen LogP contribution in [-0.2, 0) is 0 Å². The summed E-state index contributed by atoms with van der Waals surface area (Å²) in [5.41, 5.74) is 3.92. The van der Waals surface area contributed by atoms with E-state index in [4.69, 9.17) is 11.6 Å². The summed E-state index contributed by atoms with van der Waals surface area (Å²) in [6.07, 6.45) is 0.780. The molecule has 0 radical (unpaired) electrons. The van der Waals surface area contributed by atoms with Crippen LogP contribution in [-0.4, -0.2) is 6.29 Å². The Morgan fingerprint density at radius 1 is 1.00 bits per heavy atom.